The molecule has 1 atom stereocenters. The Balaban J connectivity index is 3.29. The standard InChI is InChI=1S/C11H22O2/c1-4-5-6-7-10(2)8-9-11(12)13-3/h10H,4-9H2,1-3H3. The molecule has 0 aliphatic rings. The molecule has 0 N–H and O–H groups in total. The fourth-order valence-electron chi connectivity index (χ4n) is 1.35. The largest absolute Gasteiger partial charge is 0.469 e. The molecule has 13 heavy (non-hydrogen) atoms. The van der Waals surface area contributed by atoms with Gasteiger partial charge in [-0.2, -0.15) is 0 Å². The van der Waals surface area contributed by atoms with Crippen molar-refractivity contribution in [3.63, 3.8) is 0 Å². The number of rotatable bonds is 7. The van der Waals surface area contributed by atoms with Crippen LogP contribution < -0.4 is 0 Å². The molecule has 0 saturated carbocycles. The Morgan fingerprint density at radius 3 is 2.54 bits per heavy atom. The van der Waals surface area contributed by atoms with Crippen LogP contribution >= 0.6 is 0 Å². The van der Waals surface area contributed by atoms with Crippen molar-refractivity contribution in [1.29, 1.82) is 0 Å². The number of methoxy groups -OCH3 is 1. The lowest BCUT2D eigenvalue weighted by Crippen LogP contribution is -2.03. The van der Waals surface area contributed by atoms with Crippen molar-refractivity contribution < 1.29 is 9.53 Å². The van der Waals surface area contributed by atoms with Crippen LogP contribution in [0.3, 0.4) is 0 Å². The van der Waals surface area contributed by atoms with E-state index in [1.54, 1.807) is 0 Å². The van der Waals surface area contributed by atoms with Crippen molar-refractivity contribution >= 4 is 5.97 Å². The molecule has 0 aromatic carbocycles. The number of hydrogen-bond donors (Lipinski definition) is 0. The van der Waals surface area contributed by atoms with Gasteiger partial charge in [0.25, 0.3) is 0 Å². The van der Waals surface area contributed by atoms with Gasteiger partial charge in [-0.05, 0) is 12.3 Å². The highest BCUT2D eigenvalue weighted by atomic mass is 16.5. The highest BCUT2D eigenvalue weighted by Crippen LogP contribution is 2.14. The van der Waals surface area contributed by atoms with Gasteiger partial charge in [0.2, 0.25) is 0 Å². The van der Waals surface area contributed by atoms with Gasteiger partial charge in [-0.1, -0.05) is 39.5 Å². The zero-order chi connectivity index (χ0) is 10.1. The van der Waals surface area contributed by atoms with Gasteiger partial charge >= 0.3 is 5.97 Å². The van der Waals surface area contributed by atoms with E-state index < -0.39 is 0 Å². The Bertz CT molecular complexity index is 132. The Labute approximate surface area is 81.7 Å². The van der Waals surface area contributed by atoms with E-state index in [1.807, 2.05) is 0 Å². The second kappa shape index (κ2) is 8.09. The molecule has 0 aliphatic heterocycles. The van der Waals surface area contributed by atoms with E-state index in [-0.39, 0.29) is 5.97 Å². The molecule has 0 rings (SSSR count). The highest BCUT2D eigenvalue weighted by molar-refractivity contribution is 5.69. The average Bonchev–Trinajstić information content (AvgIpc) is 2.14. The monoisotopic (exact) mass is 186 g/mol. The van der Waals surface area contributed by atoms with Crippen LogP contribution in [0.5, 0.6) is 0 Å². The van der Waals surface area contributed by atoms with E-state index in [4.69, 9.17) is 0 Å². The summed E-state index contributed by atoms with van der Waals surface area (Å²) in [4.78, 5) is 10.8. The van der Waals surface area contributed by atoms with E-state index in [0.717, 1.165) is 6.42 Å². The number of carbonyl (C=O) groups is 1. The van der Waals surface area contributed by atoms with Gasteiger partial charge in [0, 0.05) is 6.42 Å². The zero-order valence-corrected chi connectivity index (χ0v) is 9.14. The Morgan fingerprint density at radius 1 is 1.31 bits per heavy atom. The van der Waals surface area contributed by atoms with E-state index in [9.17, 15) is 4.79 Å². The molecule has 1 unspecified atom stereocenters. The third-order valence-electron chi connectivity index (χ3n) is 2.37. The first-order valence-electron chi connectivity index (χ1n) is 5.27. The van der Waals surface area contributed by atoms with Gasteiger partial charge in [-0.3, -0.25) is 4.79 Å². The van der Waals surface area contributed by atoms with E-state index in [1.165, 1.54) is 32.8 Å². The lowest BCUT2D eigenvalue weighted by molar-refractivity contribution is -0.140. The molecule has 0 amide bonds. The van der Waals surface area contributed by atoms with Crippen LogP contribution in [0.1, 0.15) is 52.4 Å². The molecule has 0 bridgehead atoms. The minimum Gasteiger partial charge on any atom is -0.469 e. The maximum atomic E-state index is 10.8. The van der Waals surface area contributed by atoms with Crippen LogP contribution in [0.4, 0.5) is 0 Å². The molecule has 0 aliphatic carbocycles. The van der Waals surface area contributed by atoms with Gasteiger partial charge in [-0.25, -0.2) is 0 Å². The smallest absolute Gasteiger partial charge is 0.305 e. The molecule has 0 aromatic heterocycles. The summed E-state index contributed by atoms with van der Waals surface area (Å²) in [7, 11) is 1.45. The molecule has 0 spiro atoms. The summed E-state index contributed by atoms with van der Waals surface area (Å²) in [6.07, 6.45) is 6.65. The van der Waals surface area contributed by atoms with E-state index >= 15 is 0 Å². The second-order valence-electron chi connectivity index (χ2n) is 3.72. The molecule has 0 radical (unpaired) electrons. The van der Waals surface area contributed by atoms with Crippen molar-refractivity contribution in [3.8, 4) is 0 Å². The molecular formula is C11H22O2. The van der Waals surface area contributed by atoms with Gasteiger partial charge in [0.15, 0.2) is 0 Å². The molecule has 2 heteroatoms. The summed E-state index contributed by atoms with van der Waals surface area (Å²) < 4.78 is 4.59. The zero-order valence-electron chi connectivity index (χ0n) is 9.14. The summed E-state index contributed by atoms with van der Waals surface area (Å²) in [6.45, 7) is 4.41. The molecular weight excluding hydrogens is 164 g/mol. The van der Waals surface area contributed by atoms with Crippen LogP contribution in [0.25, 0.3) is 0 Å². The summed E-state index contributed by atoms with van der Waals surface area (Å²) >= 11 is 0. The van der Waals surface area contributed by atoms with Gasteiger partial charge in [0.1, 0.15) is 0 Å². The normalized spacial score (nSPS) is 12.5. The minimum absolute atomic E-state index is 0.0812. The van der Waals surface area contributed by atoms with Crippen molar-refractivity contribution in [3.05, 3.63) is 0 Å². The number of ether oxygens (including phenoxy) is 1. The molecule has 0 saturated heterocycles. The Morgan fingerprint density at radius 2 is 2.00 bits per heavy atom. The maximum Gasteiger partial charge on any atom is 0.305 e. The van der Waals surface area contributed by atoms with Crippen molar-refractivity contribution in [2.24, 2.45) is 5.92 Å². The van der Waals surface area contributed by atoms with Crippen LogP contribution in [0.2, 0.25) is 0 Å². The molecule has 0 aromatic rings. The number of esters is 1. The van der Waals surface area contributed by atoms with Gasteiger partial charge in [-0.15, -0.1) is 0 Å². The van der Waals surface area contributed by atoms with Crippen molar-refractivity contribution in [1.82, 2.24) is 0 Å². The first-order valence-corrected chi connectivity index (χ1v) is 5.27. The van der Waals surface area contributed by atoms with Crippen LogP contribution in [-0.4, -0.2) is 13.1 Å². The number of carbonyl (C=O) groups excluding carboxylic acids is 1. The minimum atomic E-state index is -0.0812. The number of hydrogen-bond acceptors (Lipinski definition) is 2. The molecule has 2 nitrogen and oxygen atoms in total. The SMILES string of the molecule is CCCCCC(C)CCC(=O)OC. The van der Waals surface area contributed by atoms with E-state index in [2.05, 4.69) is 18.6 Å². The predicted octanol–water partition coefficient (Wildman–Crippen LogP) is 3.16. The molecule has 78 valence electrons. The summed E-state index contributed by atoms with van der Waals surface area (Å²) in [5.41, 5.74) is 0. The van der Waals surface area contributed by atoms with Crippen molar-refractivity contribution in [2.45, 2.75) is 52.4 Å². The van der Waals surface area contributed by atoms with Crippen LogP contribution in [0, 0.1) is 5.92 Å². The molecule has 0 fully saturated rings. The second-order valence-corrected chi connectivity index (χ2v) is 3.72. The summed E-state index contributed by atoms with van der Waals surface area (Å²) in [5, 5.41) is 0. The van der Waals surface area contributed by atoms with Gasteiger partial charge < -0.3 is 4.74 Å². The lowest BCUT2D eigenvalue weighted by Gasteiger charge is -2.09. The maximum absolute atomic E-state index is 10.8. The quantitative estimate of drug-likeness (QED) is 0.451. The topological polar surface area (TPSA) is 26.3 Å². The molecule has 0 heterocycles. The lowest BCUT2D eigenvalue weighted by atomic mass is 9.98. The average molecular weight is 186 g/mol. The van der Waals surface area contributed by atoms with Crippen molar-refractivity contribution in [2.75, 3.05) is 7.11 Å². The summed E-state index contributed by atoms with van der Waals surface area (Å²) in [6, 6.07) is 0. The van der Waals surface area contributed by atoms with Gasteiger partial charge in [0.05, 0.1) is 7.11 Å². The Hall–Kier alpha value is -0.530. The fourth-order valence-corrected chi connectivity index (χ4v) is 1.35. The third kappa shape index (κ3) is 7.82. The van der Waals surface area contributed by atoms with Crippen LogP contribution in [0.15, 0.2) is 0 Å². The Kier molecular flexibility index (Phi) is 7.76. The fraction of sp³-hybridized carbons (Fsp3) is 0.909. The van der Waals surface area contributed by atoms with E-state index in [0.29, 0.717) is 12.3 Å². The third-order valence-corrected chi connectivity index (χ3v) is 2.37. The van der Waals surface area contributed by atoms with Crippen LogP contribution in [-0.2, 0) is 9.53 Å². The first-order chi connectivity index (χ1) is 6.20. The number of unbranched alkanes of at least 4 members (excludes halogenated alkanes) is 2. The first kappa shape index (κ1) is 12.5. The predicted molar refractivity (Wildman–Crippen MR) is 54.6 cm³/mol. The highest BCUT2D eigenvalue weighted by Gasteiger charge is 2.05. The summed E-state index contributed by atoms with van der Waals surface area (Å²) in [5.74, 6) is 0.577.